The van der Waals surface area contributed by atoms with Crippen molar-refractivity contribution in [1.82, 2.24) is 10.2 Å². The van der Waals surface area contributed by atoms with Gasteiger partial charge in [-0.15, -0.1) is 28.2 Å². The van der Waals surface area contributed by atoms with Gasteiger partial charge in [-0.2, -0.15) is 0 Å². The van der Waals surface area contributed by atoms with Crippen molar-refractivity contribution in [1.29, 1.82) is 0 Å². The van der Waals surface area contributed by atoms with Crippen molar-refractivity contribution < 1.29 is 13.9 Å². The number of halogens is 1. The summed E-state index contributed by atoms with van der Waals surface area (Å²) in [5.41, 5.74) is 0. The number of nitrogens with zero attached hydrogens (tertiary/aromatic N) is 2. The van der Waals surface area contributed by atoms with Gasteiger partial charge in [0.15, 0.2) is 0 Å². The van der Waals surface area contributed by atoms with Crippen molar-refractivity contribution in [2.24, 2.45) is 0 Å². The minimum atomic E-state index is -0.136. The summed E-state index contributed by atoms with van der Waals surface area (Å²) in [4.78, 5) is 14.0. The van der Waals surface area contributed by atoms with E-state index >= 15 is 0 Å². The van der Waals surface area contributed by atoms with Gasteiger partial charge in [0, 0.05) is 11.3 Å². The molecule has 0 saturated carbocycles. The first-order valence-corrected chi connectivity index (χ1v) is 10.4. The number of thioether (sulfide) groups is 1. The molecule has 6 nitrogen and oxygen atoms in total. The number of thiophene rings is 1. The van der Waals surface area contributed by atoms with Crippen molar-refractivity contribution in [3.63, 3.8) is 0 Å². The van der Waals surface area contributed by atoms with E-state index in [1.165, 1.54) is 11.3 Å². The lowest BCUT2D eigenvalue weighted by Crippen LogP contribution is -2.11. The molecular weight excluding hydrogens is 438 g/mol. The number of carbonyl (C=O) groups excluding carboxylic acids is 1. The van der Waals surface area contributed by atoms with E-state index in [-0.39, 0.29) is 11.9 Å². The Hall–Kier alpha value is -1.84. The molecule has 0 radical (unpaired) electrons. The van der Waals surface area contributed by atoms with E-state index in [2.05, 4.69) is 31.4 Å². The SMILES string of the molecule is COc1ccc(SCCCC(=O)Nc2nnc(-c3ccc(Br)s3)o2)cc1. The van der Waals surface area contributed by atoms with Gasteiger partial charge >= 0.3 is 6.01 Å². The van der Waals surface area contributed by atoms with E-state index in [0.29, 0.717) is 12.3 Å². The number of nitrogens with one attached hydrogen (secondary N) is 1. The number of rotatable bonds is 8. The summed E-state index contributed by atoms with van der Waals surface area (Å²) >= 11 is 6.58. The molecule has 0 fully saturated rings. The third kappa shape index (κ3) is 5.33. The smallest absolute Gasteiger partial charge is 0.322 e. The fourth-order valence-corrected chi connectivity index (χ4v) is 4.24. The Labute approximate surface area is 167 Å². The third-order valence-electron chi connectivity index (χ3n) is 3.33. The monoisotopic (exact) mass is 453 g/mol. The normalized spacial score (nSPS) is 10.7. The average molecular weight is 454 g/mol. The molecule has 136 valence electrons. The number of hydrogen-bond acceptors (Lipinski definition) is 7. The van der Waals surface area contributed by atoms with Gasteiger partial charge in [-0.25, -0.2) is 0 Å². The first-order valence-electron chi connectivity index (χ1n) is 7.80. The molecule has 0 aliphatic heterocycles. The minimum absolute atomic E-state index is 0.123. The van der Waals surface area contributed by atoms with Crippen molar-refractivity contribution in [3.8, 4) is 16.5 Å². The number of ether oxygens (including phenoxy) is 1. The maximum atomic E-state index is 12.0. The fourth-order valence-electron chi connectivity index (χ4n) is 2.08. The lowest BCUT2D eigenvalue weighted by molar-refractivity contribution is -0.116. The van der Waals surface area contributed by atoms with Crippen LogP contribution in [-0.2, 0) is 4.79 Å². The summed E-state index contributed by atoms with van der Waals surface area (Å²) in [5, 5.41) is 10.4. The van der Waals surface area contributed by atoms with Gasteiger partial charge in [0.05, 0.1) is 15.8 Å². The van der Waals surface area contributed by atoms with Gasteiger partial charge in [-0.1, -0.05) is 5.10 Å². The molecule has 0 saturated heterocycles. The van der Waals surface area contributed by atoms with Crippen LogP contribution in [-0.4, -0.2) is 29.0 Å². The van der Waals surface area contributed by atoms with E-state index in [1.54, 1.807) is 18.9 Å². The molecule has 3 aromatic rings. The Morgan fingerprint density at radius 3 is 2.77 bits per heavy atom. The maximum absolute atomic E-state index is 12.0. The van der Waals surface area contributed by atoms with Crippen LogP contribution < -0.4 is 10.1 Å². The van der Waals surface area contributed by atoms with E-state index in [4.69, 9.17) is 9.15 Å². The van der Waals surface area contributed by atoms with Crippen molar-refractivity contribution in [2.75, 3.05) is 18.2 Å². The molecule has 0 aliphatic carbocycles. The van der Waals surface area contributed by atoms with Crippen LogP contribution in [0.2, 0.25) is 0 Å². The summed E-state index contributed by atoms with van der Waals surface area (Å²) in [5.74, 6) is 1.94. The molecule has 0 bridgehead atoms. The largest absolute Gasteiger partial charge is 0.497 e. The second-order valence-electron chi connectivity index (χ2n) is 5.19. The van der Waals surface area contributed by atoms with Gasteiger partial charge in [0.2, 0.25) is 5.91 Å². The second kappa shape index (κ2) is 9.20. The molecule has 26 heavy (non-hydrogen) atoms. The molecule has 0 atom stereocenters. The molecule has 0 unspecified atom stereocenters. The van der Waals surface area contributed by atoms with Crippen LogP contribution in [0.5, 0.6) is 5.75 Å². The Kier molecular flexibility index (Phi) is 6.70. The Bertz CT molecular complexity index is 864. The minimum Gasteiger partial charge on any atom is -0.497 e. The number of amides is 1. The highest BCUT2D eigenvalue weighted by Crippen LogP contribution is 2.31. The summed E-state index contributed by atoms with van der Waals surface area (Å²) in [6.45, 7) is 0. The van der Waals surface area contributed by atoms with Crippen molar-refractivity contribution in [3.05, 3.63) is 40.2 Å². The Morgan fingerprint density at radius 1 is 1.27 bits per heavy atom. The molecule has 1 N–H and O–H groups in total. The van der Waals surface area contributed by atoms with Gasteiger partial charge in [0.1, 0.15) is 5.75 Å². The van der Waals surface area contributed by atoms with Crippen LogP contribution in [0, 0.1) is 0 Å². The quantitative estimate of drug-likeness (QED) is 0.378. The van der Waals surface area contributed by atoms with Gasteiger partial charge in [0.25, 0.3) is 5.89 Å². The molecule has 2 aromatic heterocycles. The molecule has 2 heterocycles. The maximum Gasteiger partial charge on any atom is 0.322 e. The average Bonchev–Trinajstić information content (AvgIpc) is 3.28. The summed E-state index contributed by atoms with van der Waals surface area (Å²) < 4.78 is 11.6. The first kappa shape index (κ1) is 18.9. The standard InChI is InChI=1S/C17H16BrN3O3S2/c1-23-11-4-6-12(7-5-11)25-10-2-3-15(22)19-17-21-20-16(24-17)13-8-9-14(18)26-13/h4-9H,2-3,10H2,1H3,(H,19,21,22). The van der Waals surface area contributed by atoms with Gasteiger partial charge in [-0.05, 0) is 64.5 Å². The molecule has 3 rings (SSSR count). The number of methoxy groups -OCH3 is 1. The topological polar surface area (TPSA) is 77.2 Å². The third-order valence-corrected chi connectivity index (χ3v) is 6.04. The number of aromatic nitrogens is 2. The molecule has 9 heteroatoms. The number of benzene rings is 1. The highest BCUT2D eigenvalue weighted by molar-refractivity contribution is 9.11. The lowest BCUT2D eigenvalue weighted by Gasteiger charge is -2.03. The number of anilines is 1. The van der Waals surface area contributed by atoms with Crippen LogP contribution in [0.1, 0.15) is 12.8 Å². The summed E-state index contributed by atoms with van der Waals surface area (Å²) in [6, 6.07) is 11.8. The van der Waals surface area contributed by atoms with Crippen molar-refractivity contribution in [2.45, 2.75) is 17.7 Å². The molecule has 1 aromatic carbocycles. The predicted octanol–water partition coefficient (Wildman–Crippen LogP) is 5.08. The molecule has 1 amide bonds. The predicted molar refractivity (Wildman–Crippen MR) is 107 cm³/mol. The Balaban J connectivity index is 1.40. The Morgan fingerprint density at radius 2 is 2.08 bits per heavy atom. The number of carbonyl (C=O) groups is 1. The van der Waals surface area contributed by atoms with Crippen LogP contribution in [0.15, 0.2) is 49.5 Å². The van der Waals surface area contributed by atoms with E-state index in [9.17, 15) is 4.79 Å². The van der Waals surface area contributed by atoms with Gasteiger partial charge < -0.3 is 9.15 Å². The highest BCUT2D eigenvalue weighted by atomic mass is 79.9. The highest BCUT2D eigenvalue weighted by Gasteiger charge is 2.12. The van der Waals surface area contributed by atoms with E-state index in [1.807, 2.05) is 36.4 Å². The van der Waals surface area contributed by atoms with Gasteiger partial charge in [-0.3, -0.25) is 10.1 Å². The van der Waals surface area contributed by atoms with Crippen molar-refractivity contribution >= 4 is 51.0 Å². The van der Waals surface area contributed by atoms with Crippen LogP contribution >= 0.6 is 39.0 Å². The molecule has 0 spiro atoms. The van der Waals surface area contributed by atoms with Crippen LogP contribution in [0.4, 0.5) is 6.01 Å². The number of hydrogen-bond donors (Lipinski definition) is 1. The summed E-state index contributed by atoms with van der Waals surface area (Å²) in [6.07, 6.45) is 1.15. The zero-order valence-electron chi connectivity index (χ0n) is 13.9. The zero-order valence-corrected chi connectivity index (χ0v) is 17.1. The van der Waals surface area contributed by atoms with Crippen LogP contribution in [0.25, 0.3) is 10.8 Å². The lowest BCUT2D eigenvalue weighted by atomic mass is 10.3. The second-order valence-corrected chi connectivity index (χ2v) is 8.82. The van der Waals surface area contributed by atoms with E-state index < -0.39 is 0 Å². The summed E-state index contributed by atoms with van der Waals surface area (Å²) in [7, 11) is 1.65. The first-order chi connectivity index (χ1) is 12.6. The fraction of sp³-hybridized carbons (Fsp3) is 0.235. The van der Waals surface area contributed by atoms with E-state index in [0.717, 1.165) is 31.5 Å². The molecular formula is C17H16BrN3O3S2. The van der Waals surface area contributed by atoms with Crippen LogP contribution in [0.3, 0.4) is 0 Å². The molecule has 0 aliphatic rings. The zero-order chi connectivity index (χ0) is 18.4.